The van der Waals surface area contributed by atoms with Gasteiger partial charge < -0.3 is 0 Å². The van der Waals surface area contributed by atoms with Crippen LogP contribution < -0.4 is 0 Å². The first-order valence-electron chi connectivity index (χ1n) is 14.4. The summed E-state index contributed by atoms with van der Waals surface area (Å²) in [5, 5.41) is 0. The third-order valence-electron chi connectivity index (χ3n) is 7.05. The zero-order valence-corrected chi connectivity index (χ0v) is 22.9. The smallest absolute Gasteiger partial charge is 0.0273 e. The standard InChI is InChI=1S/C33H52/c1-7-14-26-22-30(18-11-5)32(24-28(26)16-9-3)20-13-21-33-25-29(17-10-4)27(15-8-2)23-31(33)19-12-6/h22-25H,7-21H2,1-6H3. The van der Waals surface area contributed by atoms with Crippen LogP contribution in [-0.2, 0) is 51.4 Å². The van der Waals surface area contributed by atoms with E-state index in [0.717, 1.165) is 0 Å². The molecule has 2 aromatic carbocycles. The summed E-state index contributed by atoms with van der Waals surface area (Å²) in [6.45, 7) is 13.9. The molecule has 0 amide bonds. The van der Waals surface area contributed by atoms with Crippen LogP contribution in [0.5, 0.6) is 0 Å². The van der Waals surface area contributed by atoms with Crippen molar-refractivity contribution in [3.63, 3.8) is 0 Å². The third-order valence-corrected chi connectivity index (χ3v) is 7.05. The highest BCUT2D eigenvalue weighted by Crippen LogP contribution is 2.26. The van der Waals surface area contributed by atoms with Gasteiger partial charge in [0.2, 0.25) is 0 Å². The van der Waals surface area contributed by atoms with Crippen LogP contribution in [0, 0.1) is 0 Å². The molecular weight excluding hydrogens is 396 g/mol. The lowest BCUT2D eigenvalue weighted by atomic mass is 9.87. The van der Waals surface area contributed by atoms with Crippen LogP contribution >= 0.6 is 0 Å². The lowest BCUT2D eigenvalue weighted by Crippen LogP contribution is -2.05. The highest BCUT2D eigenvalue weighted by atomic mass is 14.2. The highest BCUT2D eigenvalue weighted by molar-refractivity contribution is 5.41. The summed E-state index contributed by atoms with van der Waals surface area (Å²) >= 11 is 0. The molecule has 0 atom stereocenters. The fourth-order valence-electron chi connectivity index (χ4n) is 5.53. The SMILES string of the molecule is CCCc1cc(CCC)c(CCCc2cc(CCC)c(CCC)cc2CCC)cc1CCC. The normalized spacial score (nSPS) is 11.3. The lowest BCUT2D eigenvalue weighted by molar-refractivity contribution is 0.772. The molecule has 33 heavy (non-hydrogen) atoms. The maximum atomic E-state index is 2.60. The number of hydrogen-bond acceptors (Lipinski definition) is 0. The van der Waals surface area contributed by atoms with Gasteiger partial charge in [-0.15, -0.1) is 0 Å². The van der Waals surface area contributed by atoms with E-state index in [1.807, 2.05) is 0 Å². The van der Waals surface area contributed by atoms with Gasteiger partial charge in [0, 0.05) is 0 Å². The van der Waals surface area contributed by atoms with Crippen molar-refractivity contribution >= 4 is 0 Å². The molecule has 0 saturated carbocycles. The van der Waals surface area contributed by atoms with Crippen molar-refractivity contribution in [3.05, 3.63) is 68.8 Å². The Morgan fingerprint density at radius 2 is 0.485 bits per heavy atom. The summed E-state index contributed by atoms with van der Waals surface area (Å²) in [6.07, 6.45) is 18.6. The van der Waals surface area contributed by atoms with Gasteiger partial charge in [0.15, 0.2) is 0 Å². The molecule has 0 fully saturated rings. The quantitative estimate of drug-likeness (QED) is 0.240. The first kappa shape index (κ1) is 27.7. The minimum Gasteiger partial charge on any atom is -0.0651 e. The van der Waals surface area contributed by atoms with Gasteiger partial charge in [-0.3, -0.25) is 0 Å². The van der Waals surface area contributed by atoms with E-state index < -0.39 is 0 Å². The summed E-state index contributed by atoms with van der Waals surface area (Å²) in [6, 6.07) is 10.3. The second kappa shape index (κ2) is 15.4. The second-order valence-electron chi connectivity index (χ2n) is 10.1. The van der Waals surface area contributed by atoms with E-state index in [4.69, 9.17) is 0 Å². The second-order valence-corrected chi connectivity index (χ2v) is 10.1. The third kappa shape index (κ3) is 8.31. The van der Waals surface area contributed by atoms with Crippen LogP contribution in [0.25, 0.3) is 0 Å². The van der Waals surface area contributed by atoms with Crippen LogP contribution in [0.3, 0.4) is 0 Å². The molecule has 0 spiro atoms. The number of rotatable bonds is 16. The molecule has 184 valence electrons. The van der Waals surface area contributed by atoms with E-state index in [9.17, 15) is 0 Å². The van der Waals surface area contributed by atoms with Crippen molar-refractivity contribution in [2.75, 3.05) is 0 Å². The van der Waals surface area contributed by atoms with E-state index in [1.54, 1.807) is 44.5 Å². The minimum atomic E-state index is 1.23. The van der Waals surface area contributed by atoms with Crippen molar-refractivity contribution in [1.82, 2.24) is 0 Å². The lowest BCUT2D eigenvalue weighted by Gasteiger charge is -2.18. The monoisotopic (exact) mass is 448 g/mol. The van der Waals surface area contributed by atoms with E-state index >= 15 is 0 Å². The van der Waals surface area contributed by atoms with Crippen molar-refractivity contribution in [3.8, 4) is 0 Å². The van der Waals surface area contributed by atoms with Gasteiger partial charge >= 0.3 is 0 Å². The Hall–Kier alpha value is -1.56. The Morgan fingerprint density at radius 3 is 0.667 bits per heavy atom. The van der Waals surface area contributed by atoms with Crippen molar-refractivity contribution in [1.29, 1.82) is 0 Å². The molecular formula is C33H52. The van der Waals surface area contributed by atoms with Crippen LogP contribution in [-0.4, -0.2) is 0 Å². The predicted octanol–water partition coefficient (Wildman–Crippen LogP) is 9.58. The average molecular weight is 449 g/mol. The summed E-state index contributed by atoms with van der Waals surface area (Å²) in [5.74, 6) is 0. The number of aryl methyl sites for hydroxylation is 8. The van der Waals surface area contributed by atoms with Gasteiger partial charge in [0.1, 0.15) is 0 Å². The molecule has 0 aromatic heterocycles. The molecule has 2 rings (SSSR count). The van der Waals surface area contributed by atoms with E-state index in [2.05, 4.69) is 65.8 Å². The van der Waals surface area contributed by atoms with Crippen LogP contribution in [0.15, 0.2) is 24.3 Å². The molecule has 0 unspecified atom stereocenters. The van der Waals surface area contributed by atoms with Crippen molar-refractivity contribution in [2.24, 2.45) is 0 Å². The fraction of sp³-hybridized carbons (Fsp3) is 0.636. The van der Waals surface area contributed by atoms with Gasteiger partial charge in [0.05, 0.1) is 0 Å². The van der Waals surface area contributed by atoms with Crippen molar-refractivity contribution < 1.29 is 0 Å². The highest BCUT2D eigenvalue weighted by Gasteiger charge is 2.12. The van der Waals surface area contributed by atoms with Gasteiger partial charge in [-0.1, -0.05) is 104 Å². The maximum Gasteiger partial charge on any atom is -0.0273 e. The number of hydrogen-bond donors (Lipinski definition) is 0. The Labute approximate surface area is 206 Å². The summed E-state index contributed by atoms with van der Waals surface area (Å²) < 4.78 is 0. The largest absolute Gasteiger partial charge is 0.0651 e. The molecule has 0 aliphatic carbocycles. The molecule has 0 aliphatic rings. The molecule has 0 bridgehead atoms. The maximum absolute atomic E-state index is 2.60. The Bertz CT molecular complexity index is 757. The van der Waals surface area contributed by atoms with Crippen LogP contribution in [0.4, 0.5) is 0 Å². The fourth-order valence-corrected chi connectivity index (χ4v) is 5.53. The Kier molecular flexibility index (Phi) is 12.9. The Balaban J connectivity index is 2.26. The van der Waals surface area contributed by atoms with Gasteiger partial charge in [-0.2, -0.15) is 0 Å². The summed E-state index contributed by atoms with van der Waals surface area (Å²) in [4.78, 5) is 0. The van der Waals surface area contributed by atoms with Gasteiger partial charge in [0.25, 0.3) is 0 Å². The molecule has 0 nitrogen and oxygen atoms in total. The predicted molar refractivity (Wildman–Crippen MR) is 149 cm³/mol. The van der Waals surface area contributed by atoms with Crippen LogP contribution in [0.2, 0.25) is 0 Å². The van der Waals surface area contributed by atoms with E-state index in [1.165, 1.54) is 96.3 Å². The van der Waals surface area contributed by atoms with E-state index in [0.29, 0.717) is 0 Å². The first-order chi connectivity index (χ1) is 16.1. The van der Waals surface area contributed by atoms with E-state index in [-0.39, 0.29) is 0 Å². The topological polar surface area (TPSA) is 0 Å². The average Bonchev–Trinajstić information content (AvgIpc) is 2.79. The molecule has 2 aromatic rings. The molecule has 0 heterocycles. The minimum absolute atomic E-state index is 1.23. The zero-order chi connectivity index (χ0) is 24.1. The van der Waals surface area contributed by atoms with Gasteiger partial charge in [-0.05, 0) is 102 Å². The first-order valence-corrected chi connectivity index (χ1v) is 14.4. The van der Waals surface area contributed by atoms with Crippen LogP contribution in [0.1, 0.15) is 131 Å². The molecule has 0 radical (unpaired) electrons. The molecule has 0 N–H and O–H groups in total. The molecule has 0 heteroatoms. The molecule has 0 saturated heterocycles. The number of benzene rings is 2. The molecule has 0 aliphatic heterocycles. The van der Waals surface area contributed by atoms with Crippen molar-refractivity contribution in [2.45, 2.75) is 138 Å². The zero-order valence-electron chi connectivity index (χ0n) is 22.9. The van der Waals surface area contributed by atoms with Gasteiger partial charge in [-0.25, -0.2) is 0 Å². The Morgan fingerprint density at radius 1 is 0.303 bits per heavy atom. The summed E-state index contributed by atoms with van der Waals surface area (Å²) in [7, 11) is 0. The summed E-state index contributed by atoms with van der Waals surface area (Å²) in [5.41, 5.74) is 13.0.